The molecule has 1 saturated heterocycles. The zero-order valence-corrected chi connectivity index (χ0v) is 13.0. The van der Waals surface area contributed by atoms with Gasteiger partial charge in [0.05, 0.1) is 18.2 Å². The minimum absolute atomic E-state index is 0.00264. The zero-order chi connectivity index (χ0) is 15.4. The molecule has 1 fully saturated rings. The normalized spacial score (nSPS) is 18.5. The number of aromatic nitrogens is 1. The van der Waals surface area contributed by atoms with Crippen LogP contribution in [-0.4, -0.2) is 41.6 Å². The molecule has 0 bridgehead atoms. The Hall–Kier alpha value is -1.62. The molecule has 2 heterocycles. The molecule has 5 nitrogen and oxygen atoms in total. The summed E-state index contributed by atoms with van der Waals surface area (Å²) in [6.07, 6.45) is 1.98. The molecule has 1 unspecified atom stereocenters. The van der Waals surface area contributed by atoms with E-state index in [1.807, 2.05) is 25.7 Å². The van der Waals surface area contributed by atoms with Gasteiger partial charge < -0.3 is 14.6 Å². The van der Waals surface area contributed by atoms with Crippen molar-refractivity contribution in [2.45, 2.75) is 45.6 Å². The highest BCUT2D eigenvalue weighted by Gasteiger charge is 2.31. The molecule has 0 radical (unpaired) electrons. The maximum atomic E-state index is 12.8. The molecule has 21 heavy (non-hydrogen) atoms. The van der Waals surface area contributed by atoms with Crippen LogP contribution < -0.4 is 5.56 Å². The molecule has 1 aliphatic heterocycles. The minimum atomic E-state index is -0.164. The third-order valence-electron chi connectivity index (χ3n) is 3.91. The Morgan fingerprint density at radius 2 is 2.24 bits per heavy atom. The molecule has 1 aromatic rings. The van der Waals surface area contributed by atoms with Crippen molar-refractivity contribution in [2.75, 3.05) is 19.8 Å². The van der Waals surface area contributed by atoms with E-state index in [1.54, 1.807) is 6.07 Å². The fraction of sp³-hybridized carbons (Fsp3) is 0.625. The molecule has 1 aromatic heterocycles. The van der Waals surface area contributed by atoms with Crippen molar-refractivity contribution in [3.8, 4) is 0 Å². The summed E-state index contributed by atoms with van der Waals surface area (Å²) < 4.78 is 5.48. The summed E-state index contributed by atoms with van der Waals surface area (Å²) in [5.41, 5.74) is 1.16. The van der Waals surface area contributed by atoms with Gasteiger partial charge >= 0.3 is 0 Å². The first-order valence-corrected chi connectivity index (χ1v) is 7.66. The van der Waals surface area contributed by atoms with Crippen LogP contribution in [0.25, 0.3) is 0 Å². The van der Waals surface area contributed by atoms with Crippen LogP contribution in [0.2, 0.25) is 0 Å². The standard InChI is InChI=1S/C16H24N2O3/c1-4-21-10-12-6-5-9-18(12)16(20)13-7-8-14(19)17-15(13)11(2)3/h7-8,11-12H,4-6,9-10H2,1-3H3,(H,17,19). The van der Waals surface area contributed by atoms with Crippen molar-refractivity contribution in [3.05, 3.63) is 33.7 Å². The first-order valence-electron chi connectivity index (χ1n) is 7.66. The number of nitrogens with one attached hydrogen (secondary N) is 1. The summed E-state index contributed by atoms with van der Waals surface area (Å²) in [5, 5.41) is 0. The number of likely N-dealkylation sites (tertiary alicyclic amines) is 1. The average molecular weight is 292 g/mol. The number of H-pyrrole nitrogens is 1. The summed E-state index contributed by atoms with van der Waals surface area (Å²) in [6.45, 7) is 7.91. The average Bonchev–Trinajstić information content (AvgIpc) is 2.92. The lowest BCUT2D eigenvalue weighted by molar-refractivity contribution is 0.0563. The number of pyridine rings is 1. The Morgan fingerprint density at radius 1 is 1.48 bits per heavy atom. The van der Waals surface area contributed by atoms with Gasteiger partial charge in [-0.2, -0.15) is 0 Å². The number of rotatable bonds is 5. The van der Waals surface area contributed by atoms with Gasteiger partial charge in [-0.15, -0.1) is 0 Å². The van der Waals surface area contributed by atoms with Crippen LogP contribution in [0.3, 0.4) is 0 Å². The molecule has 0 spiro atoms. The second-order valence-corrected chi connectivity index (χ2v) is 5.76. The van der Waals surface area contributed by atoms with Crippen molar-refractivity contribution in [1.82, 2.24) is 9.88 Å². The molecule has 1 amide bonds. The molecule has 2 rings (SSSR count). The highest BCUT2D eigenvalue weighted by Crippen LogP contribution is 2.23. The van der Waals surface area contributed by atoms with Crippen molar-refractivity contribution >= 4 is 5.91 Å². The Morgan fingerprint density at radius 3 is 2.90 bits per heavy atom. The quantitative estimate of drug-likeness (QED) is 0.904. The summed E-state index contributed by atoms with van der Waals surface area (Å²) in [4.78, 5) is 29.0. The van der Waals surface area contributed by atoms with Crippen molar-refractivity contribution in [3.63, 3.8) is 0 Å². The maximum absolute atomic E-state index is 12.8. The lowest BCUT2D eigenvalue weighted by Crippen LogP contribution is -2.39. The number of hydrogen-bond donors (Lipinski definition) is 1. The Labute approximate surface area is 125 Å². The molecule has 0 aliphatic carbocycles. The summed E-state index contributed by atoms with van der Waals surface area (Å²) >= 11 is 0. The zero-order valence-electron chi connectivity index (χ0n) is 13.0. The SMILES string of the molecule is CCOCC1CCCN1C(=O)c1ccc(=O)[nH]c1C(C)C. The molecule has 1 N–H and O–H groups in total. The van der Waals surface area contributed by atoms with Crippen LogP contribution in [0.5, 0.6) is 0 Å². The van der Waals surface area contributed by atoms with E-state index >= 15 is 0 Å². The van der Waals surface area contributed by atoms with E-state index in [0.717, 1.165) is 25.1 Å². The predicted octanol–water partition coefficient (Wildman–Crippen LogP) is 2.14. The van der Waals surface area contributed by atoms with Gasteiger partial charge in [0.1, 0.15) is 0 Å². The Balaban J connectivity index is 2.25. The molecule has 0 aromatic carbocycles. The third kappa shape index (κ3) is 3.53. The molecule has 116 valence electrons. The number of nitrogens with zero attached hydrogens (tertiary/aromatic N) is 1. The Kier molecular flexibility index (Phi) is 5.17. The highest BCUT2D eigenvalue weighted by molar-refractivity contribution is 5.95. The minimum Gasteiger partial charge on any atom is -0.380 e. The summed E-state index contributed by atoms with van der Waals surface area (Å²) in [7, 11) is 0. The van der Waals surface area contributed by atoms with Gasteiger partial charge in [0, 0.05) is 24.9 Å². The van der Waals surface area contributed by atoms with Crippen LogP contribution in [0, 0.1) is 0 Å². The Bertz CT molecular complexity index is 551. The summed E-state index contributed by atoms with van der Waals surface area (Å²) in [6, 6.07) is 3.21. The smallest absolute Gasteiger partial charge is 0.255 e. The van der Waals surface area contributed by atoms with Crippen LogP contribution in [0.1, 0.15) is 55.6 Å². The van der Waals surface area contributed by atoms with Crippen molar-refractivity contribution in [2.24, 2.45) is 0 Å². The number of hydrogen-bond acceptors (Lipinski definition) is 3. The molecule has 1 aliphatic rings. The predicted molar refractivity (Wildman–Crippen MR) is 81.7 cm³/mol. The largest absolute Gasteiger partial charge is 0.380 e. The van der Waals surface area contributed by atoms with E-state index in [-0.39, 0.29) is 23.4 Å². The topological polar surface area (TPSA) is 62.4 Å². The fourth-order valence-corrected chi connectivity index (χ4v) is 2.82. The number of ether oxygens (including phenoxy) is 1. The van der Waals surface area contributed by atoms with Gasteiger partial charge in [-0.25, -0.2) is 0 Å². The van der Waals surface area contributed by atoms with E-state index in [9.17, 15) is 9.59 Å². The van der Waals surface area contributed by atoms with E-state index in [1.165, 1.54) is 6.07 Å². The number of aromatic amines is 1. The molecule has 5 heteroatoms. The number of amides is 1. The van der Waals surface area contributed by atoms with Crippen molar-refractivity contribution < 1.29 is 9.53 Å². The van der Waals surface area contributed by atoms with Gasteiger partial charge in [-0.3, -0.25) is 9.59 Å². The van der Waals surface area contributed by atoms with E-state index < -0.39 is 0 Å². The molecular weight excluding hydrogens is 268 g/mol. The fourth-order valence-electron chi connectivity index (χ4n) is 2.82. The van der Waals surface area contributed by atoms with Crippen LogP contribution in [0.15, 0.2) is 16.9 Å². The monoisotopic (exact) mass is 292 g/mol. The van der Waals surface area contributed by atoms with Gasteiger partial charge in [-0.1, -0.05) is 13.8 Å². The maximum Gasteiger partial charge on any atom is 0.255 e. The molecular formula is C16H24N2O3. The van der Waals surface area contributed by atoms with Gasteiger partial charge in [0.25, 0.3) is 5.91 Å². The number of carbonyl (C=O) groups excluding carboxylic acids is 1. The van der Waals surface area contributed by atoms with E-state index in [4.69, 9.17) is 4.74 Å². The van der Waals surface area contributed by atoms with Crippen LogP contribution >= 0.6 is 0 Å². The number of carbonyl (C=O) groups is 1. The third-order valence-corrected chi connectivity index (χ3v) is 3.91. The van der Waals surface area contributed by atoms with Crippen LogP contribution in [0.4, 0.5) is 0 Å². The van der Waals surface area contributed by atoms with Crippen molar-refractivity contribution in [1.29, 1.82) is 0 Å². The molecule has 0 saturated carbocycles. The van der Waals surface area contributed by atoms with Gasteiger partial charge in [0.15, 0.2) is 0 Å². The molecule has 1 atom stereocenters. The van der Waals surface area contributed by atoms with Gasteiger partial charge in [0.2, 0.25) is 5.56 Å². The van der Waals surface area contributed by atoms with Crippen LogP contribution in [-0.2, 0) is 4.74 Å². The van der Waals surface area contributed by atoms with Gasteiger partial charge in [-0.05, 0) is 31.7 Å². The lowest BCUT2D eigenvalue weighted by atomic mass is 10.0. The first kappa shape index (κ1) is 15.8. The summed E-state index contributed by atoms with van der Waals surface area (Å²) in [5.74, 6) is 0.1000. The second-order valence-electron chi connectivity index (χ2n) is 5.76. The van der Waals surface area contributed by atoms with E-state index in [2.05, 4.69) is 4.98 Å². The highest BCUT2D eigenvalue weighted by atomic mass is 16.5. The first-order chi connectivity index (χ1) is 10.0. The lowest BCUT2D eigenvalue weighted by Gasteiger charge is -2.25. The second kappa shape index (κ2) is 6.89. The van der Waals surface area contributed by atoms with E-state index in [0.29, 0.717) is 18.8 Å².